The molecule has 1 aromatic heterocycles. The summed E-state index contributed by atoms with van der Waals surface area (Å²) in [6, 6.07) is 16.8. The molecule has 2 aliphatic heterocycles. The molecule has 1 N–H and O–H groups in total. The van der Waals surface area contributed by atoms with Gasteiger partial charge in [0.15, 0.2) is 11.5 Å². The van der Waals surface area contributed by atoms with Gasteiger partial charge in [-0.15, -0.1) is 11.3 Å². The molecule has 2 amide bonds. The van der Waals surface area contributed by atoms with Crippen molar-refractivity contribution in [1.82, 2.24) is 5.32 Å². The Hall–Kier alpha value is -3.36. The van der Waals surface area contributed by atoms with Crippen LogP contribution in [0.1, 0.15) is 38.4 Å². The van der Waals surface area contributed by atoms with Crippen molar-refractivity contribution in [2.24, 2.45) is 0 Å². The van der Waals surface area contributed by atoms with Gasteiger partial charge >= 0.3 is 0 Å². The second-order valence-electron chi connectivity index (χ2n) is 8.50. The predicted octanol–water partition coefficient (Wildman–Crippen LogP) is 4.23. The number of anilines is 1. The van der Waals surface area contributed by atoms with Crippen LogP contribution >= 0.6 is 11.3 Å². The van der Waals surface area contributed by atoms with Crippen molar-refractivity contribution in [3.05, 3.63) is 76.0 Å². The maximum absolute atomic E-state index is 13.4. The lowest BCUT2D eigenvalue weighted by Crippen LogP contribution is -2.44. The summed E-state index contributed by atoms with van der Waals surface area (Å²) < 4.78 is 16.7. The Balaban J connectivity index is 1.37. The maximum atomic E-state index is 13.4. The van der Waals surface area contributed by atoms with Gasteiger partial charge in [0.2, 0.25) is 6.79 Å². The van der Waals surface area contributed by atoms with Gasteiger partial charge in [-0.1, -0.05) is 24.3 Å². The molecule has 0 bridgehead atoms. The predicted molar refractivity (Wildman–Crippen MR) is 130 cm³/mol. The largest absolute Gasteiger partial charge is 0.454 e. The van der Waals surface area contributed by atoms with E-state index < -0.39 is 0 Å². The number of thiophene rings is 1. The van der Waals surface area contributed by atoms with E-state index in [0.717, 1.165) is 29.9 Å². The lowest BCUT2D eigenvalue weighted by molar-refractivity contribution is 0.0486. The first kappa shape index (κ1) is 22.4. The van der Waals surface area contributed by atoms with Gasteiger partial charge in [0.1, 0.15) is 0 Å². The van der Waals surface area contributed by atoms with Crippen molar-refractivity contribution in [3.63, 3.8) is 0 Å². The van der Waals surface area contributed by atoms with Gasteiger partial charge in [-0.25, -0.2) is 0 Å². The fraction of sp³-hybridized carbons (Fsp3) is 0.308. The average Bonchev–Trinajstić information content (AvgIpc) is 3.59. The summed E-state index contributed by atoms with van der Waals surface area (Å²) in [5, 5.41) is 5.01. The van der Waals surface area contributed by atoms with Crippen LogP contribution in [0.4, 0.5) is 5.69 Å². The summed E-state index contributed by atoms with van der Waals surface area (Å²) in [5.74, 6) is 1.11. The third kappa shape index (κ3) is 4.26. The van der Waals surface area contributed by atoms with Crippen molar-refractivity contribution in [2.45, 2.75) is 18.3 Å². The highest BCUT2D eigenvalue weighted by Crippen LogP contribution is 2.40. The number of carbonyl (C=O) groups is 2. The summed E-state index contributed by atoms with van der Waals surface area (Å²) in [6.07, 6.45) is 1.57. The van der Waals surface area contributed by atoms with Crippen molar-refractivity contribution < 1.29 is 23.8 Å². The molecule has 0 atom stereocenters. The summed E-state index contributed by atoms with van der Waals surface area (Å²) in [4.78, 5) is 28.4. The van der Waals surface area contributed by atoms with E-state index in [1.165, 1.54) is 16.2 Å². The average molecular weight is 479 g/mol. The Morgan fingerprint density at radius 3 is 2.62 bits per heavy atom. The summed E-state index contributed by atoms with van der Waals surface area (Å²) in [5.41, 5.74) is 1.85. The minimum absolute atomic E-state index is 0.142. The Kier molecular flexibility index (Phi) is 6.26. The van der Waals surface area contributed by atoms with Gasteiger partial charge < -0.3 is 24.4 Å². The molecule has 1 fully saturated rings. The van der Waals surface area contributed by atoms with Crippen LogP contribution in [0.3, 0.4) is 0 Å². The number of para-hydroxylation sites is 1. The molecule has 0 saturated carbocycles. The Bertz CT molecular complexity index is 1190. The van der Waals surface area contributed by atoms with Crippen molar-refractivity contribution in [2.75, 3.05) is 38.5 Å². The molecule has 176 valence electrons. The lowest BCUT2D eigenvalue weighted by atomic mass is 9.74. The van der Waals surface area contributed by atoms with Crippen LogP contribution in [-0.4, -0.2) is 45.4 Å². The molecule has 3 aromatic rings. The maximum Gasteiger partial charge on any atom is 0.268 e. The first-order valence-corrected chi connectivity index (χ1v) is 12.1. The second kappa shape index (κ2) is 9.48. The molecule has 7 nitrogen and oxygen atoms in total. The number of fused-ring (bicyclic) bond motifs is 1. The molecule has 0 spiro atoms. The van der Waals surface area contributed by atoms with Crippen LogP contribution in [0.5, 0.6) is 11.5 Å². The quantitative estimate of drug-likeness (QED) is 0.574. The van der Waals surface area contributed by atoms with Crippen LogP contribution in [-0.2, 0) is 10.2 Å². The highest BCUT2D eigenvalue weighted by atomic mass is 32.1. The topological polar surface area (TPSA) is 77.1 Å². The van der Waals surface area contributed by atoms with Gasteiger partial charge in [0.05, 0.1) is 16.1 Å². The summed E-state index contributed by atoms with van der Waals surface area (Å²) in [7, 11) is 1.70. The standard InChI is InChI=1S/C26H26N2O5S/c1-28(25(30)23-7-4-14-34-23)20-6-3-2-5-19(20)24(29)27-16-26(10-12-31-13-11-26)18-8-9-21-22(15-18)33-17-32-21/h2-9,14-15H,10-13,16-17H2,1H3,(H,27,29). The minimum atomic E-state index is -0.275. The Labute approximate surface area is 202 Å². The fourth-order valence-corrected chi connectivity index (χ4v) is 5.23. The second-order valence-corrected chi connectivity index (χ2v) is 9.45. The van der Waals surface area contributed by atoms with E-state index in [9.17, 15) is 9.59 Å². The lowest BCUT2D eigenvalue weighted by Gasteiger charge is -2.38. The van der Waals surface area contributed by atoms with E-state index >= 15 is 0 Å². The van der Waals surface area contributed by atoms with Crippen LogP contribution < -0.4 is 19.7 Å². The zero-order chi connectivity index (χ0) is 23.5. The first-order valence-electron chi connectivity index (χ1n) is 11.2. The number of carbonyl (C=O) groups excluding carboxylic acids is 2. The molecule has 5 rings (SSSR count). The zero-order valence-corrected chi connectivity index (χ0v) is 19.7. The highest BCUT2D eigenvalue weighted by Gasteiger charge is 2.36. The molecular weight excluding hydrogens is 452 g/mol. The molecule has 0 radical (unpaired) electrons. The minimum Gasteiger partial charge on any atom is -0.454 e. The molecule has 0 aliphatic carbocycles. The molecule has 8 heteroatoms. The van der Waals surface area contributed by atoms with Crippen molar-refractivity contribution >= 4 is 28.8 Å². The van der Waals surface area contributed by atoms with E-state index in [0.29, 0.717) is 35.9 Å². The van der Waals surface area contributed by atoms with Crippen LogP contribution in [0, 0.1) is 0 Å². The number of benzene rings is 2. The number of nitrogens with zero attached hydrogens (tertiary/aromatic N) is 1. The molecule has 2 aliphatic rings. The number of rotatable bonds is 6. The third-order valence-electron chi connectivity index (χ3n) is 6.57. The van der Waals surface area contributed by atoms with Crippen LogP contribution in [0.25, 0.3) is 0 Å². The van der Waals surface area contributed by atoms with Gasteiger partial charge in [0.25, 0.3) is 11.8 Å². The van der Waals surface area contributed by atoms with E-state index in [1.54, 1.807) is 25.2 Å². The smallest absolute Gasteiger partial charge is 0.268 e. The molecule has 1 saturated heterocycles. The van der Waals surface area contributed by atoms with Gasteiger partial charge in [-0.05, 0) is 54.1 Å². The summed E-state index contributed by atoms with van der Waals surface area (Å²) in [6.45, 7) is 1.92. The fourth-order valence-electron chi connectivity index (χ4n) is 4.53. The van der Waals surface area contributed by atoms with Gasteiger partial charge in [0, 0.05) is 32.2 Å². The van der Waals surface area contributed by atoms with E-state index in [-0.39, 0.29) is 24.0 Å². The molecule has 34 heavy (non-hydrogen) atoms. The normalized spacial score (nSPS) is 16.1. The SMILES string of the molecule is CN(C(=O)c1cccs1)c1ccccc1C(=O)NCC1(c2ccc3c(c2)OCO3)CCOCC1. The van der Waals surface area contributed by atoms with Crippen molar-refractivity contribution in [3.8, 4) is 11.5 Å². The number of ether oxygens (including phenoxy) is 3. The molecule has 0 unspecified atom stereocenters. The third-order valence-corrected chi connectivity index (χ3v) is 7.43. The van der Waals surface area contributed by atoms with Crippen molar-refractivity contribution in [1.29, 1.82) is 0 Å². The monoisotopic (exact) mass is 478 g/mol. The zero-order valence-electron chi connectivity index (χ0n) is 18.9. The van der Waals surface area contributed by atoms with E-state index in [4.69, 9.17) is 14.2 Å². The number of hydrogen-bond donors (Lipinski definition) is 1. The van der Waals surface area contributed by atoms with Crippen LogP contribution in [0.15, 0.2) is 60.0 Å². The summed E-state index contributed by atoms with van der Waals surface area (Å²) >= 11 is 1.38. The number of nitrogens with one attached hydrogen (secondary N) is 1. The molecular formula is C26H26N2O5S. The number of hydrogen-bond acceptors (Lipinski definition) is 6. The Morgan fingerprint density at radius 2 is 1.82 bits per heavy atom. The highest BCUT2D eigenvalue weighted by molar-refractivity contribution is 7.12. The van der Waals surface area contributed by atoms with Gasteiger partial charge in [-0.3, -0.25) is 9.59 Å². The first-order chi connectivity index (χ1) is 16.6. The molecule has 2 aromatic carbocycles. The Morgan fingerprint density at radius 1 is 1.03 bits per heavy atom. The molecule has 3 heterocycles. The van der Waals surface area contributed by atoms with Crippen LogP contribution in [0.2, 0.25) is 0 Å². The van der Waals surface area contributed by atoms with Gasteiger partial charge in [-0.2, -0.15) is 0 Å². The number of amides is 2. The van der Waals surface area contributed by atoms with E-state index in [2.05, 4.69) is 5.32 Å². The van der Waals surface area contributed by atoms with E-state index in [1.807, 2.05) is 41.8 Å².